The van der Waals surface area contributed by atoms with Crippen molar-refractivity contribution < 1.29 is 26.4 Å². The molecule has 0 aliphatic carbocycles. The van der Waals surface area contributed by atoms with E-state index in [2.05, 4.69) is 0 Å². The van der Waals surface area contributed by atoms with E-state index >= 15 is 0 Å². The Kier molecular flexibility index (Phi) is 8.42. The molecule has 0 aliphatic heterocycles. The Balaban J connectivity index is 1.26. The van der Waals surface area contributed by atoms with Crippen LogP contribution in [-0.2, 0) is 38.1 Å². The second kappa shape index (κ2) is 13.2. The monoisotopic (exact) mass is 726 g/mol. The molecule has 0 N–H and O–H groups in total. The van der Waals surface area contributed by atoms with Crippen LogP contribution in [0.5, 0.6) is 0 Å². The fourth-order valence-electron chi connectivity index (χ4n) is 6.28. The SMILES string of the molecule is O=C(c1cn(S(=O)(=O)c2ccccc2)c2ccccc12)c1nc(-c2cn(S(=O)(=O)c3ccccc3)c3ccccc23)cn1COCc1ccccc1. The number of aromatic nitrogens is 4. The lowest BCUT2D eigenvalue weighted by atomic mass is 10.1. The van der Waals surface area contributed by atoms with E-state index in [1.165, 1.54) is 40.6 Å². The van der Waals surface area contributed by atoms with Crippen molar-refractivity contribution >= 4 is 47.6 Å². The Morgan fingerprint density at radius 1 is 0.577 bits per heavy atom. The van der Waals surface area contributed by atoms with Crippen LogP contribution in [0.15, 0.2) is 168 Å². The van der Waals surface area contributed by atoms with E-state index in [0.29, 0.717) is 33.1 Å². The first-order valence-electron chi connectivity index (χ1n) is 16.3. The number of benzene rings is 5. The van der Waals surface area contributed by atoms with Crippen LogP contribution in [0, 0.1) is 0 Å². The second-order valence-electron chi connectivity index (χ2n) is 12.1. The third-order valence-electron chi connectivity index (χ3n) is 8.80. The summed E-state index contributed by atoms with van der Waals surface area (Å²) in [7, 11) is -8.05. The summed E-state index contributed by atoms with van der Waals surface area (Å²) in [6.07, 6.45) is 4.49. The van der Waals surface area contributed by atoms with Crippen LogP contribution >= 0.6 is 0 Å². The summed E-state index contributed by atoms with van der Waals surface area (Å²) < 4.78 is 65.3. The summed E-state index contributed by atoms with van der Waals surface area (Å²) in [4.78, 5) is 19.6. The van der Waals surface area contributed by atoms with Crippen LogP contribution < -0.4 is 0 Å². The number of hydrogen-bond acceptors (Lipinski definition) is 7. The number of fused-ring (bicyclic) bond motifs is 2. The minimum atomic E-state index is -4.06. The van der Waals surface area contributed by atoms with Crippen molar-refractivity contribution in [2.75, 3.05) is 0 Å². The number of ether oxygens (including phenoxy) is 1. The van der Waals surface area contributed by atoms with Gasteiger partial charge in [0.25, 0.3) is 20.0 Å². The first kappa shape index (κ1) is 33.1. The minimum absolute atomic E-state index is 0.00850. The largest absolute Gasteiger partial charge is 0.356 e. The van der Waals surface area contributed by atoms with Crippen molar-refractivity contribution in [1.82, 2.24) is 17.5 Å². The van der Waals surface area contributed by atoms with Crippen LogP contribution in [0.4, 0.5) is 0 Å². The molecule has 8 rings (SSSR count). The van der Waals surface area contributed by atoms with Crippen LogP contribution in [0.2, 0.25) is 0 Å². The van der Waals surface area contributed by atoms with Crippen LogP contribution in [0.3, 0.4) is 0 Å². The van der Waals surface area contributed by atoms with Crippen LogP contribution in [0.1, 0.15) is 21.7 Å². The van der Waals surface area contributed by atoms with Crippen LogP contribution in [-0.4, -0.2) is 40.1 Å². The maximum Gasteiger partial charge on any atom is 0.268 e. The Morgan fingerprint density at radius 2 is 1.08 bits per heavy atom. The fraction of sp³-hybridized carbons (Fsp3) is 0.0500. The highest BCUT2D eigenvalue weighted by molar-refractivity contribution is 7.90. The molecule has 12 heteroatoms. The minimum Gasteiger partial charge on any atom is -0.356 e. The van der Waals surface area contributed by atoms with Crippen molar-refractivity contribution in [3.8, 4) is 11.3 Å². The van der Waals surface area contributed by atoms with Gasteiger partial charge in [0.05, 0.1) is 38.7 Å². The van der Waals surface area contributed by atoms with Gasteiger partial charge < -0.3 is 9.30 Å². The third kappa shape index (κ3) is 5.82. The van der Waals surface area contributed by atoms with Gasteiger partial charge in [-0.3, -0.25) is 4.79 Å². The van der Waals surface area contributed by atoms with E-state index in [-0.39, 0.29) is 34.5 Å². The number of imidazole rings is 1. The molecule has 5 aromatic carbocycles. The molecule has 0 unspecified atom stereocenters. The van der Waals surface area contributed by atoms with E-state index < -0.39 is 25.8 Å². The predicted molar refractivity (Wildman–Crippen MR) is 198 cm³/mol. The number of carbonyl (C=O) groups excluding carboxylic acids is 1. The van der Waals surface area contributed by atoms with E-state index in [1.54, 1.807) is 95.7 Å². The summed E-state index contributed by atoms with van der Waals surface area (Å²) >= 11 is 0. The zero-order chi connectivity index (χ0) is 35.9. The molecule has 0 aliphatic rings. The lowest BCUT2D eigenvalue weighted by Gasteiger charge is -2.08. The van der Waals surface area contributed by atoms with Crippen molar-refractivity contribution in [2.45, 2.75) is 23.1 Å². The Hall–Kier alpha value is -6.08. The van der Waals surface area contributed by atoms with E-state index in [9.17, 15) is 21.6 Å². The number of rotatable bonds is 11. The smallest absolute Gasteiger partial charge is 0.268 e. The first-order chi connectivity index (χ1) is 25.2. The number of nitrogens with zero attached hydrogens (tertiary/aromatic N) is 4. The zero-order valence-corrected chi connectivity index (χ0v) is 29.1. The van der Waals surface area contributed by atoms with Crippen molar-refractivity contribution in [3.05, 3.63) is 175 Å². The molecule has 3 aromatic heterocycles. The molecular formula is C40H30N4O6S2. The first-order valence-corrected chi connectivity index (χ1v) is 19.2. The van der Waals surface area contributed by atoms with Crippen molar-refractivity contribution in [2.24, 2.45) is 0 Å². The van der Waals surface area contributed by atoms with Gasteiger partial charge in [-0.15, -0.1) is 0 Å². The standard InChI is InChI=1S/C40H30N4O6S2/c45-39(35-25-44(38-23-13-11-21-33(35)38)52(48,49)31-18-8-3-9-19-31)40-41-36(26-42(40)28-50-27-29-14-4-1-5-15-29)34-24-43(37-22-12-10-20-32(34)37)51(46,47)30-16-6-2-7-17-30/h1-26H,27-28H2. The maximum absolute atomic E-state index is 14.6. The number of ketones is 1. The molecule has 0 saturated carbocycles. The third-order valence-corrected chi connectivity index (χ3v) is 12.2. The van der Waals surface area contributed by atoms with E-state index in [1.807, 2.05) is 30.3 Å². The van der Waals surface area contributed by atoms with Gasteiger partial charge in [-0.1, -0.05) is 103 Å². The van der Waals surface area contributed by atoms with Gasteiger partial charge in [-0.25, -0.2) is 29.8 Å². The average molecular weight is 727 g/mol. The zero-order valence-electron chi connectivity index (χ0n) is 27.5. The molecule has 0 radical (unpaired) electrons. The molecule has 0 spiro atoms. The van der Waals surface area contributed by atoms with E-state index in [0.717, 1.165) is 9.54 Å². The number of carbonyl (C=O) groups is 1. The van der Waals surface area contributed by atoms with E-state index in [4.69, 9.17) is 9.72 Å². The molecule has 0 fully saturated rings. The quantitative estimate of drug-likeness (QED) is 0.128. The Bertz CT molecular complexity index is 2810. The highest BCUT2D eigenvalue weighted by Crippen LogP contribution is 2.34. The number of para-hydroxylation sites is 2. The van der Waals surface area contributed by atoms with Gasteiger partial charge in [0.1, 0.15) is 6.73 Å². The summed E-state index contributed by atoms with van der Waals surface area (Å²) in [5.41, 5.74) is 2.66. The van der Waals surface area contributed by atoms with Gasteiger partial charge in [-0.2, -0.15) is 0 Å². The molecule has 258 valence electrons. The Morgan fingerprint density at radius 3 is 1.69 bits per heavy atom. The van der Waals surface area contributed by atoms with Crippen molar-refractivity contribution in [1.29, 1.82) is 0 Å². The predicted octanol–water partition coefficient (Wildman–Crippen LogP) is 7.34. The maximum atomic E-state index is 14.6. The molecule has 0 atom stereocenters. The molecule has 8 aromatic rings. The summed E-state index contributed by atoms with van der Waals surface area (Å²) in [6, 6.07) is 39.6. The lowest BCUT2D eigenvalue weighted by Crippen LogP contribution is -2.14. The summed E-state index contributed by atoms with van der Waals surface area (Å²) in [5.74, 6) is -0.542. The molecule has 0 bridgehead atoms. The van der Waals surface area contributed by atoms with Gasteiger partial charge >= 0.3 is 0 Å². The molecular weight excluding hydrogens is 697 g/mol. The molecule has 0 saturated heterocycles. The Labute approximate surface area is 299 Å². The molecule has 3 heterocycles. The van der Waals surface area contributed by atoms with Gasteiger partial charge in [0, 0.05) is 34.9 Å². The van der Waals surface area contributed by atoms with Gasteiger partial charge in [-0.05, 0) is 42.0 Å². The summed E-state index contributed by atoms with van der Waals surface area (Å²) in [6.45, 7) is 0.191. The van der Waals surface area contributed by atoms with Crippen LogP contribution in [0.25, 0.3) is 33.1 Å². The number of hydrogen-bond donors (Lipinski definition) is 0. The summed E-state index contributed by atoms with van der Waals surface area (Å²) in [5, 5.41) is 1.04. The molecule has 0 amide bonds. The highest BCUT2D eigenvalue weighted by atomic mass is 32.2. The second-order valence-corrected chi connectivity index (χ2v) is 15.7. The van der Waals surface area contributed by atoms with Crippen molar-refractivity contribution in [3.63, 3.8) is 0 Å². The topological polar surface area (TPSA) is 122 Å². The highest BCUT2D eigenvalue weighted by Gasteiger charge is 2.28. The molecule has 10 nitrogen and oxygen atoms in total. The van der Waals surface area contributed by atoms with Gasteiger partial charge in [0.15, 0.2) is 5.82 Å². The molecule has 52 heavy (non-hydrogen) atoms. The fourth-order valence-corrected chi connectivity index (χ4v) is 9.06. The van der Waals surface area contributed by atoms with Gasteiger partial charge in [0.2, 0.25) is 5.78 Å². The average Bonchev–Trinajstić information content (AvgIpc) is 3.90. The lowest BCUT2D eigenvalue weighted by molar-refractivity contribution is 0.0611. The normalized spacial score (nSPS) is 12.1.